The fraction of sp³-hybridized carbons (Fsp3) is 0. The van der Waals surface area contributed by atoms with Gasteiger partial charge in [-0.3, -0.25) is 9.97 Å². The van der Waals surface area contributed by atoms with Crippen LogP contribution in [-0.4, -0.2) is 9.97 Å². The van der Waals surface area contributed by atoms with Crippen molar-refractivity contribution in [2.45, 2.75) is 0 Å². The Balaban J connectivity index is 0.000000963. The smallest absolute Gasteiger partial charge is 0.137 e. The normalized spacial score (nSPS) is 10.0. The van der Waals surface area contributed by atoms with Gasteiger partial charge >= 0.3 is 0 Å². The van der Waals surface area contributed by atoms with Crippen molar-refractivity contribution in [3.63, 3.8) is 0 Å². The molecule has 16 heavy (non-hydrogen) atoms. The molecule has 3 rings (SSSR count). The Bertz CT molecular complexity index is 559. The van der Waals surface area contributed by atoms with Crippen LogP contribution in [-0.2, 0) is 20.1 Å². The van der Waals surface area contributed by atoms with Gasteiger partial charge in [0.05, 0.1) is 5.52 Å². The molecule has 0 spiro atoms. The van der Waals surface area contributed by atoms with E-state index in [-0.39, 0.29) is 20.1 Å². The summed E-state index contributed by atoms with van der Waals surface area (Å²) in [5.74, 6) is 0.582. The summed E-state index contributed by atoms with van der Waals surface area (Å²) >= 11 is 0. The predicted octanol–water partition coefficient (Wildman–Crippen LogP) is 2.69. The fourth-order valence-corrected chi connectivity index (χ4v) is 1.44. The number of aromatic nitrogens is 2. The van der Waals surface area contributed by atoms with E-state index in [9.17, 15) is 0 Å². The second kappa shape index (κ2) is 4.56. The van der Waals surface area contributed by atoms with Crippen molar-refractivity contribution in [1.82, 2.24) is 9.97 Å². The van der Waals surface area contributed by atoms with E-state index >= 15 is 0 Å². The number of benzene rings is 1. The zero-order chi connectivity index (χ0) is 10.1. The van der Waals surface area contributed by atoms with Gasteiger partial charge in [0, 0.05) is 20.1 Å². The first-order chi connectivity index (χ1) is 7.43. The average Bonchev–Trinajstić information content (AvgIpc) is 2.74. The first-order valence-electron chi connectivity index (χ1n) is 4.61. The third-order valence-corrected chi connectivity index (χ3v) is 2.15. The van der Waals surface area contributed by atoms with Crippen LogP contribution >= 0.6 is 0 Å². The Morgan fingerprint density at radius 2 is 2.00 bits per heavy atom. The summed E-state index contributed by atoms with van der Waals surface area (Å²) in [4.78, 5) is 8.26. The first kappa shape index (κ1) is 11.0. The SMILES string of the molecule is [Ir].[c-]1cnccc1-c1nc2ccccc2o1. The largest absolute Gasteiger partial charge is 0.496 e. The van der Waals surface area contributed by atoms with E-state index in [1.165, 1.54) is 0 Å². The third-order valence-electron chi connectivity index (χ3n) is 2.15. The van der Waals surface area contributed by atoms with Crippen LogP contribution < -0.4 is 0 Å². The zero-order valence-corrected chi connectivity index (χ0v) is 10.6. The van der Waals surface area contributed by atoms with E-state index < -0.39 is 0 Å². The number of hydrogen-bond acceptors (Lipinski definition) is 3. The number of rotatable bonds is 1. The van der Waals surface area contributed by atoms with Gasteiger partial charge < -0.3 is 4.42 Å². The molecule has 1 radical (unpaired) electrons. The number of pyridine rings is 1. The molecule has 2 heterocycles. The zero-order valence-electron chi connectivity index (χ0n) is 8.18. The molecule has 0 bridgehead atoms. The molecule has 81 valence electrons. The summed E-state index contributed by atoms with van der Waals surface area (Å²) in [7, 11) is 0. The predicted molar refractivity (Wildman–Crippen MR) is 56.1 cm³/mol. The Kier molecular flexibility index (Phi) is 3.13. The summed E-state index contributed by atoms with van der Waals surface area (Å²) in [6.07, 6.45) is 3.30. The van der Waals surface area contributed by atoms with Crippen LogP contribution in [0.4, 0.5) is 0 Å². The summed E-state index contributed by atoms with van der Waals surface area (Å²) in [5.41, 5.74) is 2.47. The maximum atomic E-state index is 5.58. The van der Waals surface area contributed by atoms with E-state index in [4.69, 9.17) is 4.42 Å². The number of nitrogens with zero attached hydrogens (tertiary/aromatic N) is 2. The van der Waals surface area contributed by atoms with Crippen molar-refractivity contribution in [2.24, 2.45) is 0 Å². The van der Waals surface area contributed by atoms with Crippen LogP contribution in [0.2, 0.25) is 0 Å². The molecule has 0 aliphatic carbocycles. The van der Waals surface area contributed by atoms with Gasteiger partial charge in [-0.25, -0.2) is 0 Å². The van der Waals surface area contributed by atoms with E-state index in [1.807, 2.05) is 30.3 Å². The molecule has 0 atom stereocenters. The summed E-state index contributed by atoms with van der Waals surface area (Å²) in [6.45, 7) is 0. The number of fused-ring (bicyclic) bond motifs is 1. The Labute approximate surface area is 106 Å². The molecule has 0 N–H and O–H groups in total. The summed E-state index contributed by atoms with van der Waals surface area (Å²) in [5, 5.41) is 0. The molecule has 1 aromatic carbocycles. The van der Waals surface area contributed by atoms with Crippen molar-refractivity contribution in [3.05, 3.63) is 48.8 Å². The van der Waals surface area contributed by atoms with Crippen LogP contribution in [0.5, 0.6) is 0 Å². The average molecular weight is 387 g/mol. The van der Waals surface area contributed by atoms with Crippen LogP contribution in [0.1, 0.15) is 0 Å². The molecule has 0 aliphatic heterocycles. The second-order valence-electron chi connectivity index (χ2n) is 3.14. The van der Waals surface area contributed by atoms with E-state index in [0.29, 0.717) is 5.89 Å². The van der Waals surface area contributed by atoms with Gasteiger partial charge in [0.25, 0.3) is 0 Å². The van der Waals surface area contributed by atoms with Crippen LogP contribution in [0, 0.1) is 6.07 Å². The first-order valence-corrected chi connectivity index (χ1v) is 4.61. The molecule has 0 saturated heterocycles. The Hall–Kier alpha value is -1.51. The molecule has 4 heteroatoms. The number of hydrogen-bond donors (Lipinski definition) is 0. The number of oxazole rings is 1. The Morgan fingerprint density at radius 3 is 2.75 bits per heavy atom. The molecular formula is C12H7IrN2O-. The third kappa shape index (κ3) is 1.90. The quantitative estimate of drug-likeness (QED) is 0.603. The van der Waals surface area contributed by atoms with Crippen molar-refractivity contribution in [2.75, 3.05) is 0 Å². The molecule has 3 aromatic rings. The van der Waals surface area contributed by atoms with Gasteiger partial charge in [-0.15, -0.1) is 11.6 Å². The molecule has 3 nitrogen and oxygen atoms in total. The van der Waals surface area contributed by atoms with E-state index in [2.05, 4.69) is 16.0 Å². The van der Waals surface area contributed by atoms with Gasteiger partial charge in [-0.2, -0.15) is 6.07 Å². The van der Waals surface area contributed by atoms with Crippen molar-refractivity contribution >= 4 is 11.1 Å². The monoisotopic (exact) mass is 388 g/mol. The van der Waals surface area contributed by atoms with Gasteiger partial charge in [-0.1, -0.05) is 12.1 Å². The topological polar surface area (TPSA) is 38.9 Å². The van der Waals surface area contributed by atoms with Crippen LogP contribution in [0.15, 0.2) is 47.1 Å². The molecule has 0 saturated carbocycles. The molecule has 0 unspecified atom stereocenters. The molecule has 0 aliphatic rings. The minimum absolute atomic E-state index is 0. The Morgan fingerprint density at radius 1 is 1.12 bits per heavy atom. The molecule has 2 aromatic heterocycles. The fourth-order valence-electron chi connectivity index (χ4n) is 1.44. The van der Waals surface area contributed by atoms with Gasteiger partial charge in [0.15, 0.2) is 0 Å². The summed E-state index contributed by atoms with van der Waals surface area (Å²) < 4.78 is 5.58. The van der Waals surface area contributed by atoms with Crippen LogP contribution in [0.3, 0.4) is 0 Å². The second-order valence-corrected chi connectivity index (χ2v) is 3.14. The van der Waals surface area contributed by atoms with Crippen molar-refractivity contribution < 1.29 is 24.5 Å². The van der Waals surface area contributed by atoms with Gasteiger partial charge in [0.1, 0.15) is 11.5 Å². The maximum absolute atomic E-state index is 5.58. The maximum Gasteiger partial charge on any atom is 0.137 e. The van der Waals surface area contributed by atoms with Crippen LogP contribution in [0.25, 0.3) is 22.6 Å². The van der Waals surface area contributed by atoms with Gasteiger partial charge in [-0.05, 0) is 24.5 Å². The minimum atomic E-state index is 0. The van der Waals surface area contributed by atoms with Crippen molar-refractivity contribution in [1.29, 1.82) is 0 Å². The molecule has 0 fully saturated rings. The van der Waals surface area contributed by atoms with Crippen molar-refractivity contribution in [3.8, 4) is 11.5 Å². The summed E-state index contributed by atoms with van der Waals surface area (Å²) in [6, 6.07) is 12.5. The molecular weight excluding hydrogens is 380 g/mol. The van der Waals surface area contributed by atoms with Gasteiger partial charge in [0.2, 0.25) is 0 Å². The van der Waals surface area contributed by atoms with E-state index in [1.54, 1.807) is 12.4 Å². The minimum Gasteiger partial charge on any atom is -0.496 e. The van der Waals surface area contributed by atoms with E-state index in [0.717, 1.165) is 16.7 Å². The molecule has 0 amide bonds. The number of para-hydroxylation sites is 2. The standard InChI is InChI=1S/C12H7N2O.Ir/c1-2-4-11-10(3-1)14-12(15-11)9-5-7-13-8-6-9;/h1-5,7-8H;/q-1;.